The van der Waals surface area contributed by atoms with Crippen LogP contribution < -0.4 is 5.32 Å². The molecule has 0 amide bonds. The standard InChI is InChI=1S/C17H29NS/c1-4-19-12-8-11-17(14-18-13-15(2)3)16-9-6-5-7-10-16/h5-7,9-10,15,17-18H,4,8,11-14H2,1-3H3. The van der Waals surface area contributed by atoms with E-state index in [1.165, 1.54) is 29.9 Å². The minimum atomic E-state index is 0.664. The van der Waals surface area contributed by atoms with E-state index in [2.05, 4.69) is 68.2 Å². The molecule has 0 aliphatic rings. The molecule has 0 heterocycles. The average molecular weight is 279 g/mol. The van der Waals surface area contributed by atoms with Crippen molar-refractivity contribution in [2.24, 2.45) is 5.92 Å². The summed E-state index contributed by atoms with van der Waals surface area (Å²) in [5.74, 6) is 3.93. The fraction of sp³-hybridized carbons (Fsp3) is 0.647. The number of benzene rings is 1. The van der Waals surface area contributed by atoms with Crippen LogP contribution in [0.4, 0.5) is 0 Å². The van der Waals surface area contributed by atoms with Gasteiger partial charge in [-0.15, -0.1) is 0 Å². The average Bonchev–Trinajstić information content (AvgIpc) is 2.42. The zero-order chi connectivity index (χ0) is 13.9. The smallest absolute Gasteiger partial charge is 0.00202 e. The van der Waals surface area contributed by atoms with Crippen LogP contribution in [0.15, 0.2) is 30.3 Å². The van der Waals surface area contributed by atoms with Crippen molar-refractivity contribution in [3.8, 4) is 0 Å². The summed E-state index contributed by atoms with van der Waals surface area (Å²) in [5, 5.41) is 3.62. The van der Waals surface area contributed by atoms with Crippen molar-refractivity contribution in [1.82, 2.24) is 5.32 Å². The summed E-state index contributed by atoms with van der Waals surface area (Å²) >= 11 is 2.05. The summed E-state index contributed by atoms with van der Waals surface area (Å²) in [6.45, 7) is 9.00. The monoisotopic (exact) mass is 279 g/mol. The molecule has 0 saturated heterocycles. The molecule has 0 bridgehead atoms. The molecule has 0 aromatic heterocycles. The van der Waals surface area contributed by atoms with Crippen LogP contribution >= 0.6 is 11.8 Å². The normalized spacial score (nSPS) is 12.8. The summed E-state index contributed by atoms with van der Waals surface area (Å²) in [4.78, 5) is 0. The van der Waals surface area contributed by atoms with Gasteiger partial charge in [0.25, 0.3) is 0 Å². The zero-order valence-corrected chi connectivity index (χ0v) is 13.5. The van der Waals surface area contributed by atoms with E-state index in [1.807, 2.05) is 0 Å². The van der Waals surface area contributed by atoms with Gasteiger partial charge in [-0.1, -0.05) is 51.1 Å². The maximum absolute atomic E-state index is 3.62. The molecule has 108 valence electrons. The van der Waals surface area contributed by atoms with Gasteiger partial charge in [0.15, 0.2) is 0 Å². The highest BCUT2D eigenvalue weighted by Gasteiger charge is 2.10. The molecule has 19 heavy (non-hydrogen) atoms. The third-order valence-electron chi connectivity index (χ3n) is 3.26. The van der Waals surface area contributed by atoms with Crippen LogP contribution in [0.25, 0.3) is 0 Å². The van der Waals surface area contributed by atoms with E-state index < -0.39 is 0 Å². The van der Waals surface area contributed by atoms with E-state index >= 15 is 0 Å². The topological polar surface area (TPSA) is 12.0 Å². The van der Waals surface area contributed by atoms with Gasteiger partial charge >= 0.3 is 0 Å². The van der Waals surface area contributed by atoms with Crippen molar-refractivity contribution < 1.29 is 0 Å². The van der Waals surface area contributed by atoms with Crippen LogP contribution in [0.3, 0.4) is 0 Å². The molecule has 0 saturated carbocycles. The minimum absolute atomic E-state index is 0.664. The van der Waals surface area contributed by atoms with Gasteiger partial charge < -0.3 is 5.32 Å². The number of hydrogen-bond acceptors (Lipinski definition) is 2. The molecule has 0 spiro atoms. The number of thioether (sulfide) groups is 1. The molecule has 1 aromatic rings. The molecule has 2 heteroatoms. The van der Waals surface area contributed by atoms with E-state index in [9.17, 15) is 0 Å². The summed E-state index contributed by atoms with van der Waals surface area (Å²) in [6, 6.07) is 11.0. The second kappa shape index (κ2) is 10.3. The zero-order valence-electron chi connectivity index (χ0n) is 12.7. The van der Waals surface area contributed by atoms with Crippen LogP contribution in [0, 0.1) is 5.92 Å². The maximum atomic E-state index is 3.62. The van der Waals surface area contributed by atoms with E-state index in [0.29, 0.717) is 5.92 Å². The van der Waals surface area contributed by atoms with Crippen molar-refractivity contribution in [2.75, 3.05) is 24.6 Å². The lowest BCUT2D eigenvalue weighted by Gasteiger charge is -2.19. The first-order valence-corrected chi connectivity index (χ1v) is 8.73. The highest BCUT2D eigenvalue weighted by atomic mass is 32.2. The van der Waals surface area contributed by atoms with Gasteiger partial charge in [0, 0.05) is 6.54 Å². The Morgan fingerprint density at radius 2 is 1.84 bits per heavy atom. The molecular weight excluding hydrogens is 250 g/mol. The summed E-state index contributed by atoms with van der Waals surface area (Å²) in [7, 11) is 0. The van der Waals surface area contributed by atoms with Crippen molar-refractivity contribution in [1.29, 1.82) is 0 Å². The van der Waals surface area contributed by atoms with Gasteiger partial charge in [-0.2, -0.15) is 11.8 Å². The Bertz CT molecular complexity index is 310. The third kappa shape index (κ3) is 7.64. The molecule has 1 nitrogen and oxygen atoms in total. The highest BCUT2D eigenvalue weighted by molar-refractivity contribution is 7.99. The van der Waals surface area contributed by atoms with Crippen LogP contribution in [-0.4, -0.2) is 24.6 Å². The Morgan fingerprint density at radius 3 is 2.47 bits per heavy atom. The predicted octanol–water partition coefficient (Wildman–Crippen LogP) is 4.55. The molecule has 0 radical (unpaired) electrons. The molecule has 1 N–H and O–H groups in total. The first kappa shape index (κ1) is 16.6. The Kier molecular flexibility index (Phi) is 9.02. The fourth-order valence-electron chi connectivity index (χ4n) is 2.23. The van der Waals surface area contributed by atoms with E-state index in [-0.39, 0.29) is 0 Å². The molecular formula is C17H29NS. The molecule has 1 aromatic carbocycles. The molecule has 1 unspecified atom stereocenters. The number of rotatable bonds is 10. The molecule has 1 atom stereocenters. The fourth-order valence-corrected chi connectivity index (χ4v) is 2.89. The second-order valence-electron chi connectivity index (χ2n) is 5.50. The predicted molar refractivity (Wildman–Crippen MR) is 89.1 cm³/mol. The van der Waals surface area contributed by atoms with E-state index in [0.717, 1.165) is 19.0 Å². The van der Waals surface area contributed by atoms with Gasteiger partial charge in [-0.3, -0.25) is 0 Å². The van der Waals surface area contributed by atoms with Gasteiger partial charge in [-0.05, 0) is 48.3 Å². The maximum Gasteiger partial charge on any atom is 0.00202 e. The van der Waals surface area contributed by atoms with Gasteiger partial charge in [0.2, 0.25) is 0 Å². The Morgan fingerprint density at radius 1 is 1.11 bits per heavy atom. The lowest BCUT2D eigenvalue weighted by Crippen LogP contribution is -2.25. The van der Waals surface area contributed by atoms with Gasteiger partial charge in [0.1, 0.15) is 0 Å². The van der Waals surface area contributed by atoms with Crippen molar-refractivity contribution >= 4 is 11.8 Å². The van der Waals surface area contributed by atoms with E-state index in [4.69, 9.17) is 0 Å². The van der Waals surface area contributed by atoms with Crippen LogP contribution in [0.5, 0.6) is 0 Å². The largest absolute Gasteiger partial charge is 0.316 e. The first-order valence-electron chi connectivity index (χ1n) is 7.57. The van der Waals surface area contributed by atoms with Crippen LogP contribution in [0.1, 0.15) is 45.1 Å². The van der Waals surface area contributed by atoms with Crippen LogP contribution in [0.2, 0.25) is 0 Å². The third-order valence-corrected chi connectivity index (χ3v) is 4.25. The van der Waals surface area contributed by atoms with E-state index in [1.54, 1.807) is 0 Å². The van der Waals surface area contributed by atoms with Crippen LogP contribution in [-0.2, 0) is 0 Å². The Labute approximate surface area is 123 Å². The first-order chi connectivity index (χ1) is 9.24. The molecule has 1 rings (SSSR count). The molecule has 0 aliphatic carbocycles. The lowest BCUT2D eigenvalue weighted by atomic mass is 9.94. The molecule has 0 aliphatic heterocycles. The summed E-state index contributed by atoms with van der Waals surface area (Å²) < 4.78 is 0. The Balaban J connectivity index is 2.43. The summed E-state index contributed by atoms with van der Waals surface area (Å²) in [6.07, 6.45) is 2.61. The number of nitrogens with one attached hydrogen (secondary N) is 1. The highest BCUT2D eigenvalue weighted by Crippen LogP contribution is 2.21. The van der Waals surface area contributed by atoms with Gasteiger partial charge in [-0.25, -0.2) is 0 Å². The molecule has 0 fully saturated rings. The summed E-state index contributed by atoms with van der Waals surface area (Å²) in [5.41, 5.74) is 1.49. The second-order valence-corrected chi connectivity index (χ2v) is 6.89. The quantitative estimate of drug-likeness (QED) is 0.631. The van der Waals surface area contributed by atoms with Crippen molar-refractivity contribution in [3.05, 3.63) is 35.9 Å². The lowest BCUT2D eigenvalue weighted by molar-refractivity contribution is 0.498. The van der Waals surface area contributed by atoms with Crippen molar-refractivity contribution in [3.63, 3.8) is 0 Å². The SMILES string of the molecule is CCSCCCC(CNCC(C)C)c1ccccc1. The number of hydrogen-bond donors (Lipinski definition) is 1. The minimum Gasteiger partial charge on any atom is -0.316 e. The van der Waals surface area contributed by atoms with Crippen molar-refractivity contribution in [2.45, 2.75) is 39.5 Å². The Hall–Kier alpha value is -0.470. The van der Waals surface area contributed by atoms with Gasteiger partial charge in [0.05, 0.1) is 0 Å².